The quantitative estimate of drug-likeness (QED) is 0.0410. The second-order valence-corrected chi connectivity index (χ2v) is 30.9. The van der Waals surface area contributed by atoms with Gasteiger partial charge in [0.05, 0.1) is 50.6 Å². The molecule has 0 saturated carbocycles. The number of piperidine rings is 2. The smallest absolute Gasteiger partial charge is 0.322 e. The number of fused-ring (bicyclic) bond motifs is 2. The van der Waals surface area contributed by atoms with Gasteiger partial charge in [-0.15, -0.1) is 0 Å². The third-order valence-corrected chi connectivity index (χ3v) is 20.9. The number of nitrogens with one attached hydrogen (secondary N) is 7. The van der Waals surface area contributed by atoms with Crippen molar-refractivity contribution in [1.82, 2.24) is 50.2 Å². The summed E-state index contributed by atoms with van der Waals surface area (Å²) < 4.78 is 41.3. The summed E-state index contributed by atoms with van der Waals surface area (Å²) in [7, 11) is 0. The van der Waals surface area contributed by atoms with Gasteiger partial charge in [-0.3, -0.25) is 39.6 Å². The molecule has 0 spiro atoms. The number of urea groups is 2. The van der Waals surface area contributed by atoms with Gasteiger partial charge in [-0.25, -0.2) is 18.4 Å². The van der Waals surface area contributed by atoms with Crippen LogP contribution in [0.4, 0.5) is 41.1 Å². The molecule has 25 heteroatoms. The van der Waals surface area contributed by atoms with Crippen molar-refractivity contribution in [2.75, 3.05) is 152 Å². The number of likely N-dealkylation sites (tertiary alicyclic amines) is 1. The standard InChI is InChI=1S/C38H54FN7O4.C24H37FN4O4.C14H19N3O.CH4/c1-37(2,3)15-20-46-34(29-9-7-10-30(39)33(29)40-16-21-43-22-24-50-25-23-43)42-38(4,35(46)48)26-32(47)44-17-13-28(14-18-44)45-19-12-27-8-5-6-11-31(27)41-36(45)49;1-23(2,3)8-10-29-21(27-24(4,22(29)32)16-19(30)31)17-6-5-7-18(25)20(17)26-9-11-28-12-14-33-15-13-28;18-14-16-13-4-2-1-3-11(13)7-10-17(14)12-5-8-15-9-6-12;/h5-11,28,34,40,42H,12-26H2,1-4H3,(H,41,49);5-7,21,26-27H,8-16H2,1-4H3,(H,30,31);1-4,12,15H,5-10H2,(H,16,18);1H4/t34?,38-;21?,24-;;/m00../s1. The van der Waals surface area contributed by atoms with Crippen molar-refractivity contribution < 1.29 is 52.1 Å². The van der Waals surface area contributed by atoms with Gasteiger partial charge in [0.25, 0.3) is 0 Å². The van der Waals surface area contributed by atoms with Crippen molar-refractivity contribution in [1.29, 1.82) is 0 Å². The fraction of sp³-hybridized carbons (Fsp3) is 0.610. The van der Waals surface area contributed by atoms with Crippen molar-refractivity contribution in [3.05, 3.63) is 119 Å². The molecule has 7 amide bonds. The zero-order valence-electron chi connectivity index (χ0n) is 60.7. The number of benzene rings is 4. The first-order valence-corrected chi connectivity index (χ1v) is 36.6. The average molecular weight is 1420 g/mol. The summed E-state index contributed by atoms with van der Waals surface area (Å²) in [5, 5.41) is 32.1. The normalized spacial score (nSPS) is 23.3. The van der Waals surface area contributed by atoms with E-state index in [-0.39, 0.29) is 72.7 Å². The lowest BCUT2D eigenvalue weighted by Gasteiger charge is -2.38. The lowest BCUT2D eigenvalue weighted by Crippen LogP contribution is -2.52. The van der Waals surface area contributed by atoms with Crippen LogP contribution in [0.3, 0.4) is 0 Å². The Balaban J connectivity index is 0.000000198. The molecule has 8 N–H and O–H groups in total. The number of anilines is 4. The number of carbonyl (C=O) groups excluding carboxylic acids is 5. The minimum atomic E-state index is -1.26. The summed E-state index contributed by atoms with van der Waals surface area (Å²) in [5.41, 5.74) is 3.72. The summed E-state index contributed by atoms with van der Waals surface area (Å²) in [6, 6.07) is 26.2. The molecule has 0 bridgehead atoms. The summed E-state index contributed by atoms with van der Waals surface area (Å²) >= 11 is 0. The third-order valence-electron chi connectivity index (χ3n) is 20.9. The zero-order valence-corrected chi connectivity index (χ0v) is 60.7. The highest BCUT2D eigenvalue weighted by Gasteiger charge is 2.52. The lowest BCUT2D eigenvalue weighted by molar-refractivity contribution is -0.143. The topological polar surface area (TPSA) is 248 Å². The molecule has 0 aromatic heterocycles. The van der Waals surface area contributed by atoms with Crippen molar-refractivity contribution in [3.63, 3.8) is 0 Å². The number of rotatable bonds is 20. The fourth-order valence-corrected chi connectivity index (χ4v) is 14.8. The number of hydrogen-bond acceptors (Lipinski definition) is 15. The number of halogens is 2. The molecule has 4 aromatic carbocycles. The number of morpholine rings is 2. The Morgan fingerprint density at radius 1 is 0.549 bits per heavy atom. The molecule has 4 aromatic rings. The van der Waals surface area contributed by atoms with Crippen LogP contribution in [0.1, 0.15) is 149 Å². The predicted octanol–water partition coefficient (Wildman–Crippen LogP) is 9.80. The molecule has 0 aliphatic carbocycles. The van der Waals surface area contributed by atoms with Crippen LogP contribution < -0.4 is 37.2 Å². The largest absolute Gasteiger partial charge is 0.481 e. The molecule has 8 heterocycles. The molecule has 0 radical (unpaired) electrons. The molecule has 2 unspecified atom stereocenters. The Morgan fingerprint density at radius 3 is 1.38 bits per heavy atom. The molecule has 102 heavy (non-hydrogen) atoms. The monoisotopic (exact) mass is 1420 g/mol. The molecule has 560 valence electrons. The number of amides is 7. The van der Waals surface area contributed by atoms with Crippen LogP contribution >= 0.6 is 0 Å². The van der Waals surface area contributed by atoms with Gasteiger partial charge >= 0.3 is 18.0 Å². The number of hydrogen-bond donors (Lipinski definition) is 8. The van der Waals surface area contributed by atoms with E-state index in [0.29, 0.717) is 114 Å². The van der Waals surface area contributed by atoms with Gasteiger partial charge < -0.3 is 65.7 Å². The highest BCUT2D eigenvalue weighted by atomic mass is 19.1. The Hall–Kier alpha value is -7.52. The first kappa shape index (κ1) is 78.6. The lowest BCUT2D eigenvalue weighted by atomic mass is 9.91. The van der Waals surface area contributed by atoms with E-state index in [1.165, 1.54) is 17.7 Å². The van der Waals surface area contributed by atoms with E-state index in [2.05, 4.69) is 94.6 Å². The second kappa shape index (κ2) is 35.3. The number of carboxylic acids is 1. The first-order chi connectivity index (χ1) is 48.3. The Bertz CT molecular complexity index is 3490. The second-order valence-electron chi connectivity index (χ2n) is 30.9. The van der Waals surface area contributed by atoms with Crippen molar-refractivity contribution in [2.24, 2.45) is 10.8 Å². The SMILES string of the molecule is C.CC(C)(C)CCN1C(=O)[C@](C)(CC(=O)N2CCC(N3CCc4ccccc4NC3=O)CC2)NC1c1cccc(F)c1NCCN1CCOCC1.CC(C)(C)CCN1C(=O)[C@](C)(CC(=O)O)NC1c1cccc(F)c1NCCN1CCOCC1.O=C1Nc2ccccc2CCN1C1CCNCC1. The number of para-hydroxylation sites is 4. The third kappa shape index (κ3) is 20.5. The van der Waals surface area contributed by atoms with Crippen LogP contribution in [0.25, 0.3) is 0 Å². The van der Waals surface area contributed by atoms with Gasteiger partial charge in [-0.05, 0) is 125 Å². The van der Waals surface area contributed by atoms with Crippen LogP contribution in [0.2, 0.25) is 0 Å². The van der Waals surface area contributed by atoms with Crippen molar-refractivity contribution in [2.45, 2.75) is 163 Å². The molecule has 8 aliphatic heterocycles. The number of aliphatic carboxylic acids is 1. The van der Waals surface area contributed by atoms with E-state index >= 15 is 4.39 Å². The van der Waals surface area contributed by atoms with Crippen LogP contribution in [0, 0.1) is 22.5 Å². The summed E-state index contributed by atoms with van der Waals surface area (Å²) in [4.78, 5) is 92.1. The van der Waals surface area contributed by atoms with Crippen molar-refractivity contribution in [3.8, 4) is 0 Å². The number of carbonyl (C=O) groups is 6. The minimum Gasteiger partial charge on any atom is -0.481 e. The predicted molar refractivity (Wildman–Crippen MR) is 395 cm³/mol. The maximum Gasteiger partial charge on any atom is 0.322 e. The van der Waals surface area contributed by atoms with Gasteiger partial charge in [0.15, 0.2) is 0 Å². The fourth-order valence-electron chi connectivity index (χ4n) is 14.8. The number of nitrogens with zero attached hydrogens (tertiary/aromatic N) is 7. The van der Waals surface area contributed by atoms with Gasteiger partial charge in [0.1, 0.15) is 35.0 Å². The van der Waals surface area contributed by atoms with Gasteiger partial charge in [0, 0.05) is 126 Å². The summed E-state index contributed by atoms with van der Waals surface area (Å²) in [6.45, 7) is 30.3. The van der Waals surface area contributed by atoms with E-state index in [1.54, 1.807) is 41.8 Å². The summed E-state index contributed by atoms with van der Waals surface area (Å²) in [5.74, 6) is -2.35. The van der Waals surface area contributed by atoms with E-state index in [0.717, 1.165) is 114 Å². The first-order valence-electron chi connectivity index (χ1n) is 36.6. The maximum atomic E-state index is 15.5. The van der Waals surface area contributed by atoms with E-state index < -0.39 is 35.2 Å². The molecule has 12 rings (SSSR count). The molecule has 6 saturated heterocycles. The number of carboxylic acid groups (broad SMARTS) is 1. The molecular weight excluding hydrogens is 1300 g/mol. The van der Waals surface area contributed by atoms with Gasteiger partial charge in [0.2, 0.25) is 17.7 Å². The van der Waals surface area contributed by atoms with E-state index in [9.17, 15) is 38.3 Å². The summed E-state index contributed by atoms with van der Waals surface area (Å²) in [6.07, 6.45) is 5.11. The zero-order chi connectivity index (χ0) is 72.1. The van der Waals surface area contributed by atoms with Gasteiger partial charge in [-0.1, -0.05) is 110 Å². The Labute approximate surface area is 602 Å². The molecule has 6 fully saturated rings. The van der Waals surface area contributed by atoms with Crippen LogP contribution in [0.5, 0.6) is 0 Å². The number of ether oxygens (including phenoxy) is 2. The van der Waals surface area contributed by atoms with E-state index in [1.807, 2.05) is 63.2 Å². The van der Waals surface area contributed by atoms with E-state index in [4.69, 9.17) is 9.47 Å². The molecular formula is C77H114F2N14O9. The van der Waals surface area contributed by atoms with Gasteiger partial charge in [-0.2, -0.15) is 0 Å². The Morgan fingerprint density at radius 2 is 0.961 bits per heavy atom. The maximum absolute atomic E-state index is 15.5. The van der Waals surface area contributed by atoms with Crippen molar-refractivity contribution >= 4 is 58.5 Å². The average Bonchev–Trinajstić information content (AvgIpc) is 1.61. The Kier molecular flexibility index (Phi) is 27.2. The van der Waals surface area contributed by atoms with Crippen LogP contribution in [-0.2, 0) is 41.5 Å². The molecule has 8 aliphatic rings. The van der Waals surface area contributed by atoms with Crippen LogP contribution in [-0.4, -0.2) is 229 Å². The highest BCUT2D eigenvalue weighted by molar-refractivity contribution is 5.95. The molecule has 4 atom stereocenters. The van der Waals surface area contributed by atoms with Crippen LogP contribution in [0.15, 0.2) is 84.9 Å². The molecule has 23 nitrogen and oxygen atoms in total. The highest BCUT2D eigenvalue weighted by Crippen LogP contribution is 2.41. The minimum absolute atomic E-state index is 0.